The number of nitrogens with one attached hydrogen (secondary N) is 1. The Morgan fingerprint density at radius 2 is 1.95 bits per heavy atom. The second-order valence-corrected chi connectivity index (χ2v) is 5.59. The molecule has 1 aliphatic heterocycles. The van der Waals surface area contributed by atoms with Crippen LogP contribution in [0, 0.1) is 6.92 Å². The summed E-state index contributed by atoms with van der Waals surface area (Å²) in [5.74, 6) is 1.78. The molecule has 6 nitrogen and oxygen atoms in total. The highest BCUT2D eigenvalue weighted by Gasteiger charge is 2.18. The number of hydrogen-bond donors (Lipinski definition) is 1. The Kier molecular flexibility index (Phi) is 3.86. The average molecular weight is 278 g/mol. The molecule has 2 aromatic rings. The number of thiazole rings is 1. The number of aromatic nitrogens is 4. The third kappa shape index (κ3) is 3.37. The molecule has 102 valence electrons. The summed E-state index contributed by atoms with van der Waals surface area (Å²) < 4.78 is 0. The Balaban J connectivity index is 1.46. The number of nitrogens with zero attached hydrogens (tertiary/aromatic N) is 5. The minimum atomic E-state index is 0.842. The van der Waals surface area contributed by atoms with Crippen molar-refractivity contribution in [2.24, 2.45) is 0 Å². The lowest BCUT2D eigenvalue weighted by atomic mass is 10.3. The molecule has 0 bridgehead atoms. The van der Waals surface area contributed by atoms with Gasteiger partial charge in [0, 0.05) is 38.1 Å². The van der Waals surface area contributed by atoms with Crippen LogP contribution >= 0.6 is 11.3 Å². The van der Waals surface area contributed by atoms with E-state index in [0.717, 1.165) is 50.9 Å². The van der Waals surface area contributed by atoms with E-state index in [1.807, 2.05) is 12.4 Å². The first-order valence-corrected chi connectivity index (χ1v) is 7.43. The quantitative estimate of drug-likeness (QED) is 0.900. The molecule has 0 saturated carbocycles. The summed E-state index contributed by atoms with van der Waals surface area (Å²) in [4.78, 5) is 13.5. The minimum Gasteiger partial charge on any atom is -0.295 e. The first kappa shape index (κ1) is 12.7. The lowest BCUT2D eigenvalue weighted by molar-refractivity contribution is 0.119. The van der Waals surface area contributed by atoms with Gasteiger partial charge in [0.25, 0.3) is 0 Å². The van der Waals surface area contributed by atoms with Crippen LogP contribution in [0.4, 0.5) is 0 Å². The van der Waals surface area contributed by atoms with E-state index in [9.17, 15) is 0 Å². The summed E-state index contributed by atoms with van der Waals surface area (Å²) in [6.45, 7) is 8.05. The molecule has 0 aliphatic carbocycles. The van der Waals surface area contributed by atoms with Crippen molar-refractivity contribution in [1.82, 2.24) is 30.0 Å². The Morgan fingerprint density at radius 1 is 1.21 bits per heavy atom. The van der Waals surface area contributed by atoms with Gasteiger partial charge in [-0.05, 0) is 6.92 Å². The van der Waals surface area contributed by atoms with Gasteiger partial charge in [-0.3, -0.25) is 14.9 Å². The minimum absolute atomic E-state index is 0.842. The Bertz CT molecular complexity index is 500. The third-order valence-corrected chi connectivity index (χ3v) is 3.98. The highest BCUT2D eigenvalue weighted by Crippen LogP contribution is 2.10. The van der Waals surface area contributed by atoms with E-state index >= 15 is 0 Å². The average Bonchev–Trinajstić information content (AvgIpc) is 3.04. The molecule has 0 aromatic carbocycles. The van der Waals surface area contributed by atoms with Crippen LogP contribution in [0.15, 0.2) is 10.9 Å². The number of aromatic amines is 1. The van der Waals surface area contributed by atoms with Crippen molar-refractivity contribution < 1.29 is 0 Å². The Hall–Kier alpha value is -1.31. The van der Waals surface area contributed by atoms with E-state index in [4.69, 9.17) is 0 Å². The molecule has 0 spiro atoms. The largest absolute Gasteiger partial charge is 0.295 e. The molecule has 1 fully saturated rings. The highest BCUT2D eigenvalue weighted by atomic mass is 32.1. The maximum absolute atomic E-state index is 4.35. The van der Waals surface area contributed by atoms with E-state index in [0.29, 0.717) is 0 Å². The molecule has 19 heavy (non-hydrogen) atoms. The van der Waals surface area contributed by atoms with Crippen LogP contribution in [0.25, 0.3) is 0 Å². The van der Waals surface area contributed by atoms with Gasteiger partial charge in [-0.2, -0.15) is 5.10 Å². The summed E-state index contributed by atoms with van der Waals surface area (Å²) in [7, 11) is 0. The first-order valence-electron chi connectivity index (χ1n) is 6.49. The predicted octanol–water partition coefficient (Wildman–Crippen LogP) is 0.887. The molecule has 0 amide bonds. The molecule has 2 aromatic heterocycles. The molecule has 3 rings (SSSR count). The van der Waals surface area contributed by atoms with Crippen LogP contribution in [-0.2, 0) is 13.1 Å². The Labute approximate surface area is 116 Å². The zero-order valence-electron chi connectivity index (χ0n) is 11.0. The predicted molar refractivity (Wildman–Crippen MR) is 73.8 cm³/mol. The van der Waals surface area contributed by atoms with E-state index < -0.39 is 0 Å². The maximum atomic E-state index is 4.35. The maximum Gasteiger partial charge on any atom is 0.164 e. The van der Waals surface area contributed by atoms with Crippen molar-refractivity contribution >= 4 is 11.3 Å². The topological polar surface area (TPSA) is 60.9 Å². The van der Waals surface area contributed by atoms with Gasteiger partial charge < -0.3 is 0 Å². The van der Waals surface area contributed by atoms with E-state index in [1.165, 1.54) is 5.69 Å². The zero-order chi connectivity index (χ0) is 13.1. The smallest absolute Gasteiger partial charge is 0.164 e. The summed E-state index contributed by atoms with van der Waals surface area (Å²) in [5.41, 5.74) is 3.08. The first-order chi connectivity index (χ1) is 9.29. The number of H-pyrrole nitrogens is 1. The van der Waals surface area contributed by atoms with Gasteiger partial charge in [-0.1, -0.05) is 0 Å². The van der Waals surface area contributed by atoms with Crippen molar-refractivity contribution in [2.45, 2.75) is 20.0 Å². The van der Waals surface area contributed by atoms with E-state index in [-0.39, 0.29) is 0 Å². The monoisotopic (exact) mass is 278 g/mol. The number of rotatable bonds is 4. The summed E-state index contributed by atoms with van der Waals surface area (Å²) in [6, 6.07) is 0. The van der Waals surface area contributed by atoms with Crippen LogP contribution in [0.3, 0.4) is 0 Å². The lowest BCUT2D eigenvalue weighted by Gasteiger charge is -2.33. The van der Waals surface area contributed by atoms with Gasteiger partial charge >= 0.3 is 0 Å². The fourth-order valence-electron chi connectivity index (χ4n) is 2.31. The van der Waals surface area contributed by atoms with Gasteiger partial charge in [-0.15, -0.1) is 11.3 Å². The fourth-order valence-corrected chi connectivity index (χ4v) is 2.86. The van der Waals surface area contributed by atoms with Crippen LogP contribution in [0.2, 0.25) is 0 Å². The summed E-state index contributed by atoms with van der Waals surface area (Å²) >= 11 is 1.66. The number of piperazine rings is 1. The molecule has 0 atom stereocenters. The summed E-state index contributed by atoms with van der Waals surface area (Å²) in [6.07, 6.45) is 0. The van der Waals surface area contributed by atoms with Crippen LogP contribution < -0.4 is 0 Å². The molecule has 1 N–H and O–H groups in total. The van der Waals surface area contributed by atoms with Crippen LogP contribution in [0.1, 0.15) is 17.3 Å². The Morgan fingerprint density at radius 3 is 2.53 bits per heavy atom. The zero-order valence-corrected chi connectivity index (χ0v) is 11.9. The number of hydrogen-bond acceptors (Lipinski definition) is 6. The van der Waals surface area contributed by atoms with Crippen molar-refractivity contribution in [3.8, 4) is 0 Å². The van der Waals surface area contributed by atoms with Crippen molar-refractivity contribution in [3.05, 3.63) is 28.2 Å². The van der Waals surface area contributed by atoms with E-state index in [1.54, 1.807) is 11.3 Å². The van der Waals surface area contributed by atoms with Gasteiger partial charge in [0.05, 0.1) is 17.7 Å². The van der Waals surface area contributed by atoms with Gasteiger partial charge in [-0.25, -0.2) is 9.97 Å². The standard InChI is InChI=1S/C12H18N6S/c1-10-14-12(16-15-10)7-18-4-2-17(3-5-18)6-11-8-19-9-13-11/h8-9H,2-7H2,1H3,(H,14,15,16). The molecule has 3 heterocycles. The molecule has 7 heteroatoms. The molecule has 1 aliphatic rings. The van der Waals surface area contributed by atoms with E-state index in [2.05, 4.69) is 35.3 Å². The molecule has 1 saturated heterocycles. The highest BCUT2D eigenvalue weighted by molar-refractivity contribution is 7.07. The van der Waals surface area contributed by atoms with Crippen LogP contribution in [0.5, 0.6) is 0 Å². The van der Waals surface area contributed by atoms with Crippen molar-refractivity contribution in [1.29, 1.82) is 0 Å². The SMILES string of the molecule is Cc1nc(CN2CCN(Cc3cscn3)CC2)n[nH]1. The second kappa shape index (κ2) is 5.77. The molecule has 0 unspecified atom stereocenters. The normalized spacial score (nSPS) is 17.9. The van der Waals surface area contributed by atoms with Gasteiger partial charge in [0.15, 0.2) is 5.82 Å². The summed E-state index contributed by atoms with van der Waals surface area (Å²) in [5, 5.41) is 9.21. The fraction of sp³-hybridized carbons (Fsp3) is 0.583. The van der Waals surface area contributed by atoms with Crippen LogP contribution in [-0.4, -0.2) is 56.1 Å². The molecular formula is C12H18N6S. The number of aryl methyl sites for hydroxylation is 1. The second-order valence-electron chi connectivity index (χ2n) is 4.87. The molecule has 0 radical (unpaired) electrons. The van der Waals surface area contributed by atoms with Gasteiger partial charge in [0.2, 0.25) is 0 Å². The molecular weight excluding hydrogens is 260 g/mol. The van der Waals surface area contributed by atoms with Gasteiger partial charge in [0.1, 0.15) is 5.82 Å². The lowest BCUT2D eigenvalue weighted by Crippen LogP contribution is -2.45. The third-order valence-electron chi connectivity index (χ3n) is 3.34. The van der Waals surface area contributed by atoms with Crippen molar-refractivity contribution in [3.63, 3.8) is 0 Å². The van der Waals surface area contributed by atoms with Crippen molar-refractivity contribution in [2.75, 3.05) is 26.2 Å².